The number of aliphatic hydroxyl groups is 3. The number of nitrogens with zero attached hydrogens (tertiary/aromatic N) is 5. The van der Waals surface area contributed by atoms with Crippen molar-refractivity contribution < 1.29 is 20.1 Å². The second-order valence-corrected chi connectivity index (χ2v) is 5.89. The Kier molecular flexibility index (Phi) is 3.96. The van der Waals surface area contributed by atoms with E-state index in [4.69, 9.17) is 10.5 Å². The lowest BCUT2D eigenvalue weighted by Crippen LogP contribution is -2.33. The lowest BCUT2D eigenvalue weighted by Gasteiger charge is -2.16. The number of hydrogen-bond donors (Lipinski definition) is 6. The van der Waals surface area contributed by atoms with E-state index in [1.54, 1.807) is 7.05 Å². The molecule has 4 atom stereocenters. The molecule has 0 saturated carbocycles. The molecular weight excluding hydrogens is 344 g/mol. The van der Waals surface area contributed by atoms with E-state index in [0.717, 1.165) is 0 Å². The van der Waals surface area contributed by atoms with E-state index in [2.05, 4.69) is 30.5 Å². The molecule has 1 aliphatic heterocycles. The van der Waals surface area contributed by atoms with E-state index >= 15 is 0 Å². The highest BCUT2D eigenvalue weighted by atomic mass is 16.6. The average molecular weight is 362 g/mol. The van der Waals surface area contributed by atoms with Crippen LogP contribution in [0.3, 0.4) is 0 Å². The first-order chi connectivity index (χ1) is 12.5. The highest BCUT2D eigenvalue weighted by Crippen LogP contribution is 2.33. The molecule has 0 unspecified atom stereocenters. The smallest absolute Gasteiger partial charge is 0.186 e. The summed E-state index contributed by atoms with van der Waals surface area (Å²) in [6.07, 6.45) is -1.40. The molecule has 1 aliphatic rings. The van der Waals surface area contributed by atoms with Crippen molar-refractivity contribution in [2.24, 2.45) is 0 Å². The summed E-state index contributed by atoms with van der Waals surface area (Å²) in [5.74, 6) is 0.701. The zero-order chi connectivity index (χ0) is 18.4. The van der Waals surface area contributed by atoms with Crippen LogP contribution in [-0.2, 0) is 4.74 Å². The molecule has 0 aromatic carbocycles. The zero-order valence-corrected chi connectivity index (χ0v) is 13.7. The van der Waals surface area contributed by atoms with Crippen LogP contribution in [0.5, 0.6) is 0 Å². The second-order valence-electron chi connectivity index (χ2n) is 5.89. The first kappa shape index (κ1) is 16.7. The van der Waals surface area contributed by atoms with Gasteiger partial charge in [-0.05, 0) is 0 Å². The van der Waals surface area contributed by atoms with Crippen LogP contribution in [0.15, 0.2) is 12.5 Å². The van der Waals surface area contributed by atoms with Crippen molar-refractivity contribution in [3.05, 3.63) is 12.5 Å². The lowest BCUT2D eigenvalue weighted by molar-refractivity contribution is -0.0511. The zero-order valence-electron chi connectivity index (χ0n) is 13.7. The monoisotopic (exact) mass is 362 g/mol. The highest BCUT2D eigenvalue weighted by Gasteiger charge is 2.44. The van der Waals surface area contributed by atoms with Gasteiger partial charge in [0, 0.05) is 13.2 Å². The molecule has 3 aromatic heterocycles. The third-order valence-electron chi connectivity index (χ3n) is 4.33. The van der Waals surface area contributed by atoms with Crippen molar-refractivity contribution in [1.29, 1.82) is 0 Å². The SMILES string of the molecule is CNc1nc(-c2n[nH]cc2N)nc2c1ncn2[C@@H]1O[C@H](CO)[C@@H](O)[C@H]1O. The first-order valence-corrected chi connectivity index (χ1v) is 7.89. The fraction of sp³-hybridized carbons (Fsp3) is 0.429. The summed E-state index contributed by atoms with van der Waals surface area (Å²) >= 11 is 0. The number of aliphatic hydroxyl groups excluding tert-OH is 3. The van der Waals surface area contributed by atoms with Gasteiger partial charge in [-0.2, -0.15) is 5.10 Å². The van der Waals surface area contributed by atoms with Gasteiger partial charge >= 0.3 is 0 Å². The summed E-state index contributed by atoms with van der Waals surface area (Å²) in [6, 6.07) is 0. The Balaban J connectivity index is 1.86. The maximum absolute atomic E-state index is 10.3. The number of aromatic amines is 1. The molecule has 7 N–H and O–H groups in total. The number of imidazole rings is 1. The standard InChI is InChI=1S/C14H18N8O4/c1-16-11-8-13(20-12(19-11)7-5(15)2-18-21-7)22(4-17-8)14-10(25)9(24)6(3-23)26-14/h2,4,6,9-10,14,23-25H,3,15H2,1H3,(H,18,21)(H,16,19,20)/t6-,9-,10-,14-/m1/s1. The minimum atomic E-state index is -1.25. The van der Waals surface area contributed by atoms with Crippen molar-refractivity contribution in [1.82, 2.24) is 29.7 Å². The first-order valence-electron chi connectivity index (χ1n) is 7.89. The van der Waals surface area contributed by atoms with E-state index in [1.165, 1.54) is 17.1 Å². The van der Waals surface area contributed by atoms with Gasteiger partial charge in [-0.15, -0.1) is 0 Å². The van der Waals surface area contributed by atoms with Crippen LogP contribution in [0.25, 0.3) is 22.7 Å². The van der Waals surface area contributed by atoms with Crippen LogP contribution >= 0.6 is 0 Å². The van der Waals surface area contributed by atoms with Crippen molar-refractivity contribution in [2.75, 3.05) is 24.7 Å². The predicted octanol–water partition coefficient (Wildman–Crippen LogP) is -1.55. The topological polar surface area (TPSA) is 180 Å². The van der Waals surface area contributed by atoms with Crippen molar-refractivity contribution >= 4 is 22.7 Å². The summed E-state index contributed by atoms with van der Waals surface area (Å²) in [6.45, 7) is -0.423. The number of hydrogen-bond acceptors (Lipinski definition) is 10. The van der Waals surface area contributed by atoms with Crippen molar-refractivity contribution in [3.63, 3.8) is 0 Å². The van der Waals surface area contributed by atoms with Gasteiger partial charge in [0.15, 0.2) is 34.7 Å². The maximum atomic E-state index is 10.3. The van der Waals surface area contributed by atoms with Gasteiger partial charge in [0.05, 0.1) is 18.6 Å². The Morgan fingerprint density at radius 2 is 2.15 bits per heavy atom. The van der Waals surface area contributed by atoms with Gasteiger partial charge in [-0.3, -0.25) is 9.67 Å². The second kappa shape index (κ2) is 6.17. The minimum absolute atomic E-state index is 0.258. The number of aromatic nitrogens is 6. The van der Waals surface area contributed by atoms with Gasteiger partial charge in [0.25, 0.3) is 0 Å². The van der Waals surface area contributed by atoms with Gasteiger partial charge in [0.2, 0.25) is 0 Å². The predicted molar refractivity (Wildman–Crippen MR) is 89.9 cm³/mol. The summed E-state index contributed by atoms with van der Waals surface area (Å²) in [7, 11) is 1.69. The number of anilines is 2. The molecule has 4 rings (SSSR count). The highest BCUT2D eigenvalue weighted by molar-refractivity contribution is 5.85. The van der Waals surface area contributed by atoms with Gasteiger partial charge in [-0.1, -0.05) is 0 Å². The number of nitrogens with two attached hydrogens (primary N) is 1. The largest absolute Gasteiger partial charge is 0.396 e. The molecule has 0 aliphatic carbocycles. The normalized spacial score (nSPS) is 25.8. The summed E-state index contributed by atoms with van der Waals surface area (Å²) < 4.78 is 7.04. The molecule has 0 bridgehead atoms. The van der Waals surface area contributed by atoms with E-state index < -0.39 is 31.1 Å². The summed E-state index contributed by atoms with van der Waals surface area (Å²) in [5.41, 5.74) is 7.44. The number of rotatable bonds is 4. The molecule has 12 heteroatoms. The molecule has 138 valence electrons. The van der Waals surface area contributed by atoms with E-state index in [9.17, 15) is 15.3 Å². The van der Waals surface area contributed by atoms with Gasteiger partial charge in [-0.25, -0.2) is 15.0 Å². The van der Waals surface area contributed by atoms with Crippen LogP contribution in [0.1, 0.15) is 6.23 Å². The molecule has 12 nitrogen and oxygen atoms in total. The minimum Gasteiger partial charge on any atom is -0.396 e. The molecule has 4 heterocycles. The molecule has 1 fully saturated rings. The Hall–Kier alpha value is -2.80. The summed E-state index contributed by atoms with van der Waals surface area (Å²) in [4.78, 5) is 13.1. The molecule has 0 spiro atoms. The van der Waals surface area contributed by atoms with Gasteiger partial charge in [0.1, 0.15) is 18.3 Å². The van der Waals surface area contributed by atoms with Crippen LogP contribution in [0.4, 0.5) is 11.5 Å². The molecular formula is C14H18N8O4. The number of ether oxygens (including phenoxy) is 1. The Bertz CT molecular complexity index is 940. The van der Waals surface area contributed by atoms with E-state index in [-0.39, 0.29) is 5.82 Å². The molecule has 0 amide bonds. The fourth-order valence-corrected chi connectivity index (χ4v) is 2.97. The maximum Gasteiger partial charge on any atom is 0.186 e. The fourth-order valence-electron chi connectivity index (χ4n) is 2.97. The number of H-pyrrole nitrogens is 1. The third kappa shape index (κ3) is 2.39. The third-order valence-corrected chi connectivity index (χ3v) is 4.33. The number of nitrogens with one attached hydrogen (secondary N) is 2. The Morgan fingerprint density at radius 1 is 1.35 bits per heavy atom. The van der Waals surface area contributed by atoms with Crippen LogP contribution in [0, 0.1) is 0 Å². The van der Waals surface area contributed by atoms with Gasteiger partial charge < -0.3 is 31.1 Å². The van der Waals surface area contributed by atoms with Crippen LogP contribution < -0.4 is 11.1 Å². The van der Waals surface area contributed by atoms with E-state index in [1.807, 2.05) is 0 Å². The van der Waals surface area contributed by atoms with E-state index in [0.29, 0.717) is 28.4 Å². The number of nitrogen functional groups attached to an aromatic ring is 1. The van der Waals surface area contributed by atoms with Crippen molar-refractivity contribution in [2.45, 2.75) is 24.5 Å². The number of fused-ring (bicyclic) bond motifs is 1. The lowest BCUT2D eigenvalue weighted by atomic mass is 10.1. The summed E-state index contributed by atoms with van der Waals surface area (Å²) in [5, 5.41) is 39.2. The Labute approximate surface area is 146 Å². The van der Waals surface area contributed by atoms with Crippen LogP contribution in [0.2, 0.25) is 0 Å². The Morgan fingerprint density at radius 3 is 2.77 bits per heavy atom. The average Bonchev–Trinajstić information content (AvgIpc) is 3.33. The molecule has 0 radical (unpaired) electrons. The molecule has 1 saturated heterocycles. The quantitative estimate of drug-likeness (QED) is 0.318. The molecule has 3 aromatic rings. The van der Waals surface area contributed by atoms with Crippen molar-refractivity contribution in [3.8, 4) is 11.5 Å². The molecule has 26 heavy (non-hydrogen) atoms. The van der Waals surface area contributed by atoms with Crippen LogP contribution in [-0.4, -0.2) is 77.0 Å².